The van der Waals surface area contributed by atoms with Gasteiger partial charge < -0.3 is 10.2 Å². The predicted octanol–water partition coefficient (Wildman–Crippen LogP) is 16.2. The van der Waals surface area contributed by atoms with E-state index in [9.17, 15) is 10.2 Å². The van der Waals surface area contributed by atoms with E-state index in [0.717, 1.165) is 85.8 Å². The summed E-state index contributed by atoms with van der Waals surface area (Å²) in [7, 11) is -1.10. The van der Waals surface area contributed by atoms with Crippen LogP contribution in [0.25, 0.3) is 10.8 Å². The number of nitrogens with zero attached hydrogens (tertiary/aromatic N) is 2. The Bertz CT molecular complexity index is 1880. The van der Waals surface area contributed by atoms with Crippen molar-refractivity contribution in [2.75, 3.05) is 0 Å². The van der Waals surface area contributed by atoms with Gasteiger partial charge in [-0.3, -0.25) is 9.98 Å². The first-order valence-electron chi connectivity index (χ1n) is 23.3. The summed E-state index contributed by atoms with van der Waals surface area (Å²) in [5.41, 5.74) is 11.5. The fourth-order valence-corrected chi connectivity index (χ4v) is 8.44. The van der Waals surface area contributed by atoms with Crippen LogP contribution in [0.5, 0.6) is 11.5 Å². The van der Waals surface area contributed by atoms with Gasteiger partial charge in [0.25, 0.3) is 0 Å². The topological polar surface area (TPSA) is 65.2 Å². The fraction of sp³-hybridized carbons (Fsp3) is 0.547. The van der Waals surface area contributed by atoms with Gasteiger partial charge in [-0.15, -0.1) is 0 Å². The van der Waals surface area contributed by atoms with Crippen LogP contribution >= 0.6 is 0 Å². The largest absolute Gasteiger partial charge is 0.507 e. The molecule has 0 atom stereocenters. The number of fused-ring (bicyclic) bond motifs is 1. The standard InChI is InChI=1S/C34H52N2.C19H28O2Si.Ni/c1-6-11-16-28-21-23-32(25-30(28)18-13-8-3)35-27-34(20-15-10-5)36-33-24-22-29(17-12-7-2)31(26-33)19-14-9-4;1-5-6-7-14-10-16-11-15(8-9-22(2,3)4)13-18(21)19(16)17(20)12-14;/h21-27H,6-20H2,1-5H3;10-13,20-21H,5-9H2,1-4H3;. The summed E-state index contributed by atoms with van der Waals surface area (Å²) in [6.45, 7) is 20.6. The number of benzene rings is 4. The number of phenolic OH excluding ortho intramolecular Hbond substituents is 2. The maximum atomic E-state index is 10.3. The SMILES string of the molecule is CCCCC(C=Nc1ccc(CCCC)c(CCCC)c1)=Nc1ccc(CCCC)c(CCCC)c1.CCCCc1cc(O)c2c(O)cc(CC[Si](C)(C)C)cc2c1.[Ni]. The van der Waals surface area contributed by atoms with E-state index >= 15 is 0 Å². The minimum Gasteiger partial charge on any atom is -0.507 e. The van der Waals surface area contributed by atoms with Gasteiger partial charge in [-0.05, 0) is 159 Å². The molecule has 0 amide bonds. The first-order chi connectivity index (χ1) is 27.9. The van der Waals surface area contributed by atoms with Crippen molar-refractivity contribution in [2.24, 2.45) is 9.98 Å². The van der Waals surface area contributed by atoms with Crippen LogP contribution in [0.15, 0.2) is 70.6 Å². The summed E-state index contributed by atoms with van der Waals surface area (Å²) in [5.74, 6) is 0.389. The Morgan fingerprint density at radius 2 is 0.966 bits per heavy atom. The molecule has 4 rings (SSSR count). The summed E-state index contributed by atoms with van der Waals surface area (Å²) in [6.07, 6.45) is 24.1. The molecule has 0 aliphatic heterocycles. The second-order valence-electron chi connectivity index (χ2n) is 17.8. The number of rotatable bonds is 24. The summed E-state index contributed by atoms with van der Waals surface area (Å²) in [5, 5.41) is 22.0. The van der Waals surface area contributed by atoms with Crippen molar-refractivity contribution in [3.05, 3.63) is 94.0 Å². The first kappa shape index (κ1) is 51.9. The van der Waals surface area contributed by atoms with Crippen LogP contribution in [0.1, 0.15) is 158 Å². The molecule has 0 unspecified atom stereocenters. The monoisotopic (exact) mass is 863 g/mol. The van der Waals surface area contributed by atoms with Crippen molar-refractivity contribution in [2.45, 2.75) is 189 Å². The van der Waals surface area contributed by atoms with Crippen molar-refractivity contribution in [3.8, 4) is 11.5 Å². The molecule has 0 aliphatic carbocycles. The van der Waals surface area contributed by atoms with Gasteiger partial charge in [0.15, 0.2) is 0 Å². The summed E-state index contributed by atoms with van der Waals surface area (Å²) >= 11 is 0. The Morgan fingerprint density at radius 3 is 1.46 bits per heavy atom. The third kappa shape index (κ3) is 18.9. The van der Waals surface area contributed by atoms with Gasteiger partial charge in [-0.1, -0.05) is 130 Å². The zero-order chi connectivity index (χ0) is 42.3. The number of unbranched alkanes of at least 4 members (excludes halogenated alkanes) is 6. The van der Waals surface area contributed by atoms with Gasteiger partial charge in [0.2, 0.25) is 0 Å². The molecule has 4 aromatic carbocycles. The van der Waals surface area contributed by atoms with E-state index in [-0.39, 0.29) is 28.0 Å². The van der Waals surface area contributed by atoms with Crippen LogP contribution in [0.3, 0.4) is 0 Å². The molecule has 59 heavy (non-hydrogen) atoms. The van der Waals surface area contributed by atoms with E-state index in [1.165, 1.54) is 98.1 Å². The number of phenols is 2. The molecular formula is C53H80N2NiO2Si. The van der Waals surface area contributed by atoms with Crippen molar-refractivity contribution in [3.63, 3.8) is 0 Å². The molecule has 0 spiro atoms. The third-order valence-corrected chi connectivity index (χ3v) is 12.9. The van der Waals surface area contributed by atoms with Crippen molar-refractivity contribution in [1.29, 1.82) is 0 Å². The minimum atomic E-state index is -1.10. The van der Waals surface area contributed by atoms with Gasteiger partial charge in [0.05, 0.1) is 22.5 Å². The number of aromatic hydroxyl groups is 2. The molecule has 0 bridgehead atoms. The van der Waals surface area contributed by atoms with Crippen LogP contribution in [-0.4, -0.2) is 30.2 Å². The second kappa shape index (κ2) is 28.3. The molecule has 4 nitrogen and oxygen atoms in total. The molecule has 4 aromatic rings. The second-order valence-corrected chi connectivity index (χ2v) is 23.4. The minimum absolute atomic E-state index is 0. The first-order valence-corrected chi connectivity index (χ1v) is 27.0. The predicted molar refractivity (Wildman–Crippen MR) is 260 cm³/mol. The van der Waals surface area contributed by atoms with Crippen LogP contribution in [0.2, 0.25) is 25.7 Å². The summed E-state index contributed by atoms with van der Waals surface area (Å²) in [4.78, 5) is 10.0. The normalized spacial score (nSPS) is 11.8. The van der Waals surface area contributed by atoms with Crippen LogP contribution < -0.4 is 0 Å². The molecular weight excluding hydrogens is 783 g/mol. The smallest absolute Gasteiger partial charge is 0.127 e. The van der Waals surface area contributed by atoms with Crippen LogP contribution in [0.4, 0.5) is 11.4 Å². The van der Waals surface area contributed by atoms with E-state index in [1.54, 1.807) is 6.07 Å². The average Bonchev–Trinajstić information content (AvgIpc) is 3.20. The van der Waals surface area contributed by atoms with E-state index in [0.29, 0.717) is 5.39 Å². The number of aliphatic imine (C=N–C) groups is 2. The Morgan fingerprint density at radius 1 is 0.525 bits per heavy atom. The molecule has 0 aliphatic rings. The van der Waals surface area contributed by atoms with Crippen molar-refractivity contribution in [1.82, 2.24) is 0 Å². The molecule has 328 valence electrons. The molecule has 0 saturated heterocycles. The van der Waals surface area contributed by atoms with E-state index in [2.05, 4.69) is 110 Å². The van der Waals surface area contributed by atoms with Crippen LogP contribution in [0, 0.1) is 0 Å². The Labute approximate surface area is 371 Å². The molecule has 6 heteroatoms. The molecule has 0 heterocycles. The van der Waals surface area contributed by atoms with Gasteiger partial charge in [-0.2, -0.15) is 0 Å². The van der Waals surface area contributed by atoms with Gasteiger partial charge >= 0.3 is 0 Å². The Kier molecular flexibility index (Phi) is 24.9. The molecule has 0 fully saturated rings. The van der Waals surface area contributed by atoms with Gasteiger partial charge in [0.1, 0.15) is 11.5 Å². The van der Waals surface area contributed by atoms with E-state index in [1.807, 2.05) is 12.3 Å². The van der Waals surface area contributed by atoms with Gasteiger partial charge in [-0.25, -0.2) is 0 Å². The number of aryl methyl sites for hydroxylation is 6. The zero-order valence-electron chi connectivity index (χ0n) is 38.6. The Hall–Kier alpha value is -3.21. The maximum absolute atomic E-state index is 10.3. The quantitative estimate of drug-likeness (QED) is 0.0544. The summed E-state index contributed by atoms with van der Waals surface area (Å²) < 4.78 is 0. The number of hydrogen-bond donors (Lipinski definition) is 2. The number of hydrogen-bond acceptors (Lipinski definition) is 4. The molecule has 0 saturated carbocycles. The van der Waals surface area contributed by atoms with Crippen molar-refractivity contribution >= 4 is 42.1 Å². The van der Waals surface area contributed by atoms with Gasteiger partial charge in [0, 0.05) is 30.8 Å². The fourth-order valence-electron chi connectivity index (χ4n) is 7.40. The van der Waals surface area contributed by atoms with E-state index < -0.39 is 8.07 Å². The third-order valence-electron chi connectivity index (χ3n) is 11.1. The zero-order valence-corrected chi connectivity index (χ0v) is 40.6. The van der Waals surface area contributed by atoms with Crippen LogP contribution in [-0.2, 0) is 55.0 Å². The molecule has 0 aromatic heterocycles. The van der Waals surface area contributed by atoms with Crippen molar-refractivity contribution < 1.29 is 26.7 Å². The van der Waals surface area contributed by atoms with E-state index in [4.69, 9.17) is 9.98 Å². The Balaban J connectivity index is 0.000000446. The molecule has 2 N–H and O–H groups in total. The molecule has 0 radical (unpaired) electrons. The maximum Gasteiger partial charge on any atom is 0.127 e. The average molecular weight is 864 g/mol. The summed E-state index contributed by atoms with van der Waals surface area (Å²) in [6, 6.07) is 22.8.